The summed E-state index contributed by atoms with van der Waals surface area (Å²) < 4.78 is 4.59. The Kier molecular flexibility index (Phi) is 6.59. The summed E-state index contributed by atoms with van der Waals surface area (Å²) in [5, 5.41) is 4.85. The highest BCUT2D eigenvalue weighted by Gasteiger charge is 2.19. The van der Waals surface area contributed by atoms with Gasteiger partial charge in [0.1, 0.15) is 0 Å². The highest BCUT2D eigenvalue weighted by atomic mass is 15.2. The lowest BCUT2D eigenvalue weighted by molar-refractivity contribution is 0.978. The van der Waals surface area contributed by atoms with E-state index < -0.39 is 0 Å². The summed E-state index contributed by atoms with van der Waals surface area (Å²) in [6.07, 6.45) is 8.79. The van der Waals surface area contributed by atoms with Gasteiger partial charge >= 0.3 is 0 Å². The van der Waals surface area contributed by atoms with Gasteiger partial charge in [-0.05, 0) is 84.1 Å². The van der Waals surface area contributed by atoms with Gasteiger partial charge < -0.3 is 4.57 Å². The monoisotopic (exact) mass is 640 g/mol. The number of aromatic nitrogens is 4. The standard InChI is InChI=1S/C46H32N4/c1-4-14-31(15-5-1)40-30-41(32-16-6-2-7-17-32)48-46(47-40)50-43-23-13-11-21-37(43)39-29-34(25-27-45(39)50)33-24-26-44-38(28-33)36-20-10-12-22-42(36)49(44)35-18-8-3-9-19-35/h1,3-6,8-30H,2,7H2. The van der Waals surface area contributed by atoms with E-state index in [1.165, 1.54) is 43.7 Å². The second-order valence-electron chi connectivity index (χ2n) is 12.9. The average Bonchev–Trinajstić information content (AvgIpc) is 3.71. The van der Waals surface area contributed by atoms with Crippen molar-refractivity contribution in [1.82, 2.24) is 19.1 Å². The molecule has 4 heteroatoms. The summed E-state index contributed by atoms with van der Waals surface area (Å²) in [5.41, 5.74) is 12.2. The van der Waals surface area contributed by atoms with Crippen molar-refractivity contribution in [3.63, 3.8) is 0 Å². The number of benzene rings is 6. The third-order valence-electron chi connectivity index (χ3n) is 9.97. The number of hydrogen-bond donors (Lipinski definition) is 0. The van der Waals surface area contributed by atoms with Crippen LogP contribution in [0.2, 0.25) is 0 Å². The van der Waals surface area contributed by atoms with Crippen LogP contribution >= 0.6 is 0 Å². The van der Waals surface area contributed by atoms with Gasteiger partial charge in [0.2, 0.25) is 5.95 Å². The summed E-state index contributed by atoms with van der Waals surface area (Å²) >= 11 is 0. The third-order valence-corrected chi connectivity index (χ3v) is 9.97. The van der Waals surface area contributed by atoms with E-state index in [2.05, 4.69) is 173 Å². The molecular formula is C46H32N4. The molecule has 0 saturated carbocycles. The molecule has 0 spiro atoms. The fraction of sp³-hybridized carbons (Fsp3) is 0.0435. The minimum Gasteiger partial charge on any atom is -0.309 e. The first kappa shape index (κ1) is 28.5. The second-order valence-corrected chi connectivity index (χ2v) is 12.9. The van der Waals surface area contributed by atoms with Crippen LogP contribution in [0.25, 0.3) is 83.2 Å². The van der Waals surface area contributed by atoms with Gasteiger partial charge in [0, 0.05) is 32.8 Å². The van der Waals surface area contributed by atoms with Crippen LogP contribution in [0.3, 0.4) is 0 Å². The summed E-state index contributed by atoms with van der Waals surface area (Å²) in [4.78, 5) is 10.4. The maximum absolute atomic E-state index is 5.23. The van der Waals surface area contributed by atoms with Crippen LogP contribution < -0.4 is 0 Å². The zero-order chi connectivity index (χ0) is 33.0. The van der Waals surface area contributed by atoms with Gasteiger partial charge in [0.05, 0.1) is 33.5 Å². The van der Waals surface area contributed by atoms with Crippen LogP contribution in [-0.2, 0) is 0 Å². The molecule has 0 amide bonds. The Morgan fingerprint density at radius 1 is 0.420 bits per heavy atom. The average molecular weight is 641 g/mol. The molecule has 0 saturated heterocycles. The molecule has 0 bridgehead atoms. The molecule has 0 unspecified atom stereocenters. The molecule has 0 fully saturated rings. The van der Waals surface area contributed by atoms with Crippen molar-refractivity contribution in [2.24, 2.45) is 0 Å². The molecule has 6 aromatic carbocycles. The highest BCUT2D eigenvalue weighted by Crippen LogP contribution is 2.38. The van der Waals surface area contributed by atoms with Crippen LogP contribution in [0.4, 0.5) is 0 Å². The van der Waals surface area contributed by atoms with Crippen molar-refractivity contribution in [3.8, 4) is 34.0 Å². The molecule has 3 aromatic heterocycles. The van der Waals surface area contributed by atoms with E-state index in [-0.39, 0.29) is 0 Å². The van der Waals surface area contributed by atoms with Crippen molar-refractivity contribution in [2.75, 3.05) is 0 Å². The van der Waals surface area contributed by atoms with Crippen LogP contribution in [0.15, 0.2) is 170 Å². The normalized spacial score (nSPS) is 13.1. The summed E-state index contributed by atoms with van der Waals surface area (Å²) in [7, 11) is 0. The van der Waals surface area contributed by atoms with Crippen molar-refractivity contribution in [2.45, 2.75) is 12.8 Å². The maximum atomic E-state index is 5.23. The molecule has 3 heterocycles. The topological polar surface area (TPSA) is 35.6 Å². The SMILES string of the molecule is C1=CC(c2cc(-c3ccccc3)nc(-n3c4ccccc4c4cc(-c5ccc6c(c5)c5ccccc5n6-c5ccccc5)ccc43)n2)=CCC1. The molecule has 236 valence electrons. The molecule has 10 rings (SSSR count). The fourth-order valence-corrected chi connectivity index (χ4v) is 7.62. The minimum absolute atomic E-state index is 0.676. The predicted molar refractivity (Wildman–Crippen MR) is 208 cm³/mol. The quantitative estimate of drug-likeness (QED) is 0.188. The van der Waals surface area contributed by atoms with E-state index in [4.69, 9.17) is 9.97 Å². The van der Waals surface area contributed by atoms with Gasteiger partial charge in [0.25, 0.3) is 0 Å². The van der Waals surface area contributed by atoms with Gasteiger partial charge in [-0.2, -0.15) is 0 Å². The number of allylic oxidation sites excluding steroid dienone is 4. The van der Waals surface area contributed by atoms with Gasteiger partial charge in [-0.1, -0.05) is 115 Å². The lowest BCUT2D eigenvalue weighted by Crippen LogP contribution is -2.05. The predicted octanol–water partition coefficient (Wildman–Crippen LogP) is 11.7. The van der Waals surface area contributed by atoms with Gasteiger partial charge in [-0.15, -0.1) is 0 Å². The smallest absolute Gasteiger partial charge is 0.235 e. The highest BCUT2D eigenvalue weighted by molar-refractivity contribution is 6.12. The van der Waals surface area contributed by atoms with E-state index in [0.717, 1.165) is 52.1 Å². The Morgan fingerprint density at radius 3 is 1.64 bits per heavy atom. The second kappa shape index (κ2) is 11.6. The molecule has 0 atom stereocenters. The molecule has 1 aliphatic rings. The van der Waals surface area contributed by atoms with Gasteiger partial charge in [-0.25, -0.2) is 9.97 Å². The fourth-order valence-electron chi connectivity index (χ4n) is 7.62. The third kappa shape index (κ3) is 4.61. The molecule has 50 heavy (non-hydrogen) atoms. The Balaban J connectivity index is 1.17. The molecule has 9 aromatic rings. The van der Waals surface area contributed by atoms with Gasteiger partial charge in [-0.3, -0.25) is 4.57 Å². The van der Waals surface area contributed by atoms with E-state index in [1.807, 2.05) is 6.07 Å². The Bertz CT molecular complexity index is 2800. The number of fused-ring (bicyclic) bond motifs is 6. The molecule has 0 radical (unpaired) electrons. The number of para-hydroxylation sites is 3. The number of hydrogen-bond acceptors (Lipinski definition) is 2. The Morgan fingerprint density at radius 2 is 0.980 bits per heavy atom. The molecule has 0 N–H and O–H groups in total. The molecule has 1 aliphatic carbocycles. The van der Waals surface area contributed by atoms with Gasteiger partial charge in [0.15, 0.2) is 0 Å². The lowest BCUT2D eigenvalue weighted by atomic mass is 10.0. The maximum Gasteiger partial charge on any atom is 0.235 e. The lowest BCUT2D eigenvalue weighted by Gasteiger charge is -2.13. The Labute approximate surface area is 289 Å². The summed E-state index contributed by atoms with van der Waals surface area (Å²) in [5.74, 6) is 0.676. The molecule has 0 aliphatic heterocycles. The zero-order valence-electron chi connectivity index (χ0n) is 27.4. The van der Waals surface area contributed by atoms with Crippen molar-refractivity contribution in [3.05, 3.63) is 176 Å². The summed E-state index contributed by atoms with van der Waals surface area (Å²) in [6, 6.07) is 54.1. The van der Waals surface area contributed by atoms with Crippen LogP contribution in [0, 0.1) is 0 Å². The van der Waals surface area contributed by atoms with Crippen molar-refractivity contribution >= 4 is 49.2 Å². The van der Waals surface area contributed by atoms with Crippen LogP contribution in [0.1, 0.15) is 18.5 Å². The number of rotatable bonds is 5. The zero-order valence-corrected chi connectivity index (χ0v) is 27.4. The van der Waals surface area contributed by atoms with E-state index in [9.17, 15) is 0 Å². The first-order chi connectivity index (χ1) is 24.8. The van der Waals surface area contributed by atoms with E-state index in [0.29, 0.717) is 5.95 Å². The summed E-state index contributed by atoms with van der Waals surface area (Å²) in [6.45, 7) is 0. The van der Waals surface area contributed by atoms with E-state index in [1.54, 1.807) is 0 Å². The van der Waals surface area contributed by atoms with E-state index >= 15 is 0 Å². The number of nitrogens with zero attached hydrogens (tertiary/aromatic N) is 4. The minimum atomic E-state index is 0.676. The molecular weight excluding hydrogens is 609 g/mol. The first-order valence-corrected chi connectivity index (χ1v) is 17.2. The largest absolute Gasteiger partial charge is 0.309 e. The van der Waals surface area contributed by atoms with Crippen molar-refractivity contribution in [1.29, 1.82) is 0 Å². The van der Waals surface area contributed by atoms with Crippen LogP contribution in [0.5, 0.6) is 0 Å². The van der Waals surface area contributed by atoms with Crippen LogP contribution in [-0.4, -0.2) is 19.1 Å². The van der Waals surface area contributed by atoms with Crippen molar-refractivity contribution < 1.29 is 0 Å². The molecule has 4 nitrogen and oxygen atoms in total. The first-order valence-electron chi connectivity index (χ1n) is 17.2. The Hall–Kier alpha value is -6.52.